The second kappa shape index (κ2) is 9.87. The van der Waals surface area contributed by atoms with Crippen LogP contribution in [0.15, 0.2) is 24.3 Å². The first-order valence-corrected chi connectivity index (χ1v) is 10.1. The van der Waals surface area contributed by atoms with Crippen molar-refractivity contribution < 1.29 is 9.53 Å². The number of amides is 1. The summed E-state index contributed by atoms with van der Waals surface area (Å²) in [6, 6.07) is 7.70. The van der Waals surface area contributed by atoms with Crippen molar-refractivity contribution in [3.63, 3.8) is 0 Å². The Morgan fingerprint density at radius 3 is 2.14 bits per heavy atom. The zero-order valence-corrected chi connectivity index (χ0v) is 18.5. The lowest BCUT2D eigenvalue weighted by Crippen LogP contribution is -2.32. The molecule has 0 fully saturated rings. The van der Waals surface area contributed by atoms with E-state index in [1.807, 2.05) is 24.3 Å². The molecule has 1 amide bonds. The van der Waals surface area contributed by atoms with Crippen molar-refractivity contribution in [2.45, 2.75) is 60.9 Å². The number of hydrogen-bond acceptors (Lipinski definition) is 6. The van der Waals surface area contributed by atoms with Gasteiger partial charge in [0.2, 0.25) is 11.7 Å². The SMILES string of the molecule is CCC(C)(C)COCC(C)(C)CC(=O)NCc1ccc(-c2nnc(C)nn2)cc1. The Morgan fingerprint density at radius 2 is 1.55 bits per heavy atom. The first kappa shape index (κ1) is 22.9. The van der Waals surface area contributed by atoms with Crippen LogP contribution in [0.1, 0.15) is 58.8 Å². The second-order valence-electron chi connectivity index (χ2n) is 9.10. The Kier molecular flexibility index (Phi) is 7.79. The third-order valence-electron chi connectivity index (χ3n) is 4.86. The average Bonchev–Trinajstić information content (AvgIpc) is 2.67. The molecule has 158 valence electrons. The molecule has 1 N–H and O–H groups in total. The summed E-state index contributed by atoms with van der Waals surface area (Å²) >= 11 is 0. The van der Waals surface area contributed by atoms with Gasteiger partial charge in [-0.05, 0) is 29.7 Å². The predicted molar refractivity (Wildman–Crippen MR) is 113 cm³/mol. The smallest absolute Gasteiger partial charge is 0.220 e. The third kappa shape index (κ3) is 7.85. The number of aromatic nitrogens is 4. The molecule has 0 saturated heterocycles. The molecular formula is C22H33N5O2. The number of carbonyl (C=O) groups is 1. The Hall–Kier alpha value is -2.41. The molecule has 0 spiro atoms. The Labute approximate surface area is 173 Å². The number of hydrogen-bond donors (Lipinski definition) is 1. The van der Waals surface area contributed by atoms with Crippen LogP contribution >= 0.6 is 0 Å². The van der Waals surface area contributed by atoms with E-state index in [1.165, 1.54) is 0 Å². The lowest BCUT2D eigenvalue weighted by atomic mass is 9.89. The Morgan fingerprint density at radius 1 is 0.966 bits per heavy atom. The highest BCUT2D eigenvalue weighted by atomic mass is 16.5. The predicted octanol–water partition coefficient (Wildman–Crippen LogP) is 3.73. The van der Waals surface area contributed by atoms with Gasteiger partial charge < -0.3 is 10.1 Å². The minimum atomic E-state index is -0.208. The molecule has 1 heterocycles. The van der Waals surface area contributed by atoms with E-state index in [1.54, 1.807) is 6.92 Å². The van der Waals surface area contributed by atoms with E-state index in [2.05, 4.69) is 60.3 Å². The maximum absolute atomic E-state index is 12.4. The summed E-state index contributed by atoms with van der Waals surface area (Å²) in [4.78, 5) is 12.4. The van der Waals surface area contributed by atoms with Gasteiger partial charge in [-0.15, -0.1) is 20.4 Å². The van der Waals surface area contributed by atoms with Gasteiger partial charge in [-0.1, -0.05) is 58.9 Å². The van der Waals surface area contributed by atoms with Gasteiger partial charge >= 0.3 is 0 Å². The second-order valence-corrected chi connectivity index (χ2v) is 9.10. The van der Waals surface area contributed by atoms with Crippen molar-refractivity contribution in [1.82, 2.24) is 25.7 Å². The fourth-order valence-corrected chi connectivity index (χ4v) is 2.62. The molecule has 7 heteroatoms. The van der Waals surface area contributed by atoms with E-state index in [0.29, 0.717) is 37.8 Å². The topological polar surface area (TPSA) is 89.9 Å². The molecule has 0 aliphatic heterocycles. The normalized spacial score (nSPS) is 12.1. The third-order valence-corrected chi connectivity index (χ3v) is 4.86. The summed E-state index contributed by atoms with van der Waals surface area (Å²) in [5, 5.41) is 18.9. The molecule has 0 atom stereocenters. The highest BCUT2D eigenvalue weighted by Gasteiger charge is 2.24. The highest BCUT2D eigenvalue weighted by molar-refractivity contribution is 5.76. The van der Waals surface area contributed by atoms with E-state index in [4.69, 9.17) is 4.74 Å². The number of benzene rings is 1. The van der Waals surface area contributed by atoms with Crippen LogP contribution < -0.4 is 5.32 Å². The number of ether oxygens (including phenoxy) is 1. The first-order chi connectivity index (χ1) is 13.6. The van der Waals surface area contributed by atoms with Crippen LogP contribution in [0.25, 0.3) is 11.4 Å². The van der Waals surface area contributed by atoms with Crippen molar-refractivity contribution in [3.05, 3.63) is 35.7 Å². The van der Waals surface area contributed by atoms with Gasteiger partial charge in [0, 0.05) is 18.5 Å². The number of carbonyl (C=O) groups excluding carboxylic acids is 1. The summed E-state index contributed by atoms with van der Waals surface area (Å²) < 4.78 is 5.88. The van der Waals surface area contributed by atoms with Gasteiger partial charge in [-0.25, -0.2) is 0 Å². The maximum atomic E-state index is 12.4. The standard InChI is InChI=1S/C22H33N5O2/c1-7-21(3,4)14-29-15-22(5,6)12-19(28)23-13-17-8-10-18(11-9-17)20-26-24-16(2)25-27-20/h8-11H,7,12-15H2,1-6H3,(H,23,28). The number of nitrogens with zero attached hydrogens (tertiary/aromatic N) is 4. The largest absolute Gasteiger partial charge is 0.380 e. The lowest BCUT2D eigenvalue weighted by molar-refractivity contribution is -0.124. The summed E-state index contributed by atoms with van der Waals surface area (Å²) in [7, 11) is 0. The summed E-state index contributed by atoms with van der Waals surface area (Å²) in [6.45, 7) is 14.2. The number of rotatable bonds is 10. The zero-order chi connectivity index (χ0) is 21.5. The molecule has 0 radical (unpaired) electrons. The highest BCUT2D eigenvalue weighted by Crippen LogP contribution is 2.24. The van der Waals surface area contributed by atoms with Crippen LogP contribution in [0.5, 0.6) is 0 Å². The average molecular weight is 400 g/mol. The van der Waals surface area contributed by atoms with Crippen LogP contribution in [0, 0.1) is 17.8 Å². The molecule has 29 heavy (non-hydrogen) atoms. The molecule has 1 aromatic carbocycles. The molecular weight excluding hydrogens is 366 g/mol. The monoisotopic (exact) mass is 399 g/mol. The molecule has 2 aromatic rings. The minimum Gasteiger partial charge on any atom is -0.380 e. The van der Waals surface area contributed by atoms with Crippen LogP contribution in [-0.2, 0) is 16.1 Å². The van der Waals surface area contributed by atoms with Crippen molar-refractivity contribution in [2.75, 3.05) is 13.2 Å². The van der Waals surface area contributed by atoms with Gasteiger partial charge in [0.15, 0.2) is 5.82 Å². The van der Waals surface area contributed by atoms with Gasteiger partial charge in [0.25, 0.3) is 0 Å². The molecule has 7 nitrogen and oxygen atoms in total. The van der Waals surface area contributed by atoms with Crippen LogP contribution in [0.4, 0.5) is 0 Å². The zero-order valence-electron chi connectivity index (χ0n) is 18.5. The molecule has 0 aliphatic rings. The summed E-state index contributed by atoms with van der Waals surface area (Å²) in [5.41, 5.74) is 1.81. The Bertz CT molecular complexity index is 786. The van der Waals surface area contributed by atoms with Crippen molar-refractivity contribution in [3.8, 4) is 11.4 Å². The van der Waals surface area contributed by atoms with E-state index in [9.17, 15) is 4.79 Å². The lowest BCUT2D eigenvalue weighted by Gasteiger charge is -2.28. The number of aryl methyl sites for hydroxylation is 1. The fourth-order valence-electron chi connectivity index (χ4n) is 2.62. The van der Waals surface area contributed by atoms with E-state index in [-0.39, 0.29) is 16.7 Å². The molecule has 2 rings (SSSR count). The van der Waals surface area contributed by atoms with Gasteiger partial charge in [-0.3, -0.25) is 4.79 Å². The van der Waals surface area contributed by atoms with Crippen molar-refractivity contribution in [2.24, 2.45) is 10.8 Å². The molecule has 1 aromatic heterocycles. The molecule has 0 unspecified atom stereocenters. The fraction of sp³-hybridized carbons (Fsp3) is 0.591. The molecule has 0 aliphatic carbocycles. The van der Waals surface area contributed by atoms with Crippen molar-refractivity contribution in [1.29, 1.82) is 0 Å². The molecule has 0 bridgehead atoms. The van der Waals surface area contributed by atoms with Gasteiger partial charge in [-0.2, -0.15) is 0 Å². The van der Waals surface area contributed by atoms with E-state index >= 15 is 0 Å². The van der Waals surface area contributed by atoms with E-state index in [0.717, 1.165) is 17.5 Å². The van der Waals surface area contributed by atoms with Crippen LogP contribution in [0.3, 0.4) is 0 Å². The number of nitrogens with one attached hydrogen (secondary N) is 1. The summed E-state index contributed by atoms with van der Waals surface area (Å²) in [6.07, 6.45) is 1.49. The first-order valence-electron chi connectivity index (χ1n) is 10.1. The van der Waals surface area contributed by atoms with Crippen molar-refractivity contribution >= 4 is 5.91 Å². The maximum Gasteiger partial charge on any atom is 0.220 e. The summed E-state index contributed by atoms with van der Waals surface area (Å²) in [5.74, 6) is 1.04. The van der Waals surface area contributed by atoms with Gasteiger partial charge in [0.05, 0.1) is 13.2 Å². The van der Waals surface area contributed by atoms with Gasteiger partial charge in [0.1, 0.15) is 0 Å². The quantitative estimate of drug-likeness (QED) is 0.655. The van der Waals surface area contributed by atoms with Crippen LogP contribution in [-0.4, -0.2) is 39.5 Å². The van der Waals surface area contributed by atoms with Crippen LogP contribution in [0.2, 0.25) is 0 Å². The molecule has 0 saturated carbocycles. The Balaban J connectivity index is 1.80. The van der Waals surface area contributed by atoms with E-state index < -0.39 is 0 Å². The minimum absolute atomic E-state index is 0.0210.